The second kappa shape index (κ2) is 8.99. The van der Waals surface area contributed by atoms with E-state index in [4.69, 9.17) is 36.8 Å². The molecular formula is C23H24ClNO7. The summed E-state index contributed by atoms with van der Waals surface area (Å²) in [6.07, 6.45) is -2.78. The highest BCUT2D eigenvalue weighted by Crippen LogP contribution is 2.49. The van der Waals surface area contributed by atoms with Gasteiger partial charge in [-0.3, -0.25) is 0 Å². The number of aliphatic hydroxyl groups is 4. The summed E-state index contributed by atoms with van der Waals surface area (Å²) in [6, 6.07) is 14.4. The minimum atomic E-state index is -1.42. The van der Waals surface area contributed by atoms with Crippen LogP contribution < -0.4 is 4.74 Å². The molecule has 170 valence electrons. The van der Waals surface area contributed by atoms with Crippen LogP contribution in [0, 0.1) is 0 Å². The Balaban J connectivity index is 0.000000176. The maximum Gasteiger partial charge on any atom is 0.377 e. The molecule has 0 bridgehead atoms. The van der Waals surface area contributed by atoms with Crippen molar-refractivity contribution >= 4 is 17.6 Å². The van der Waals surface area contributed by atoms with E-state index in [2.05, 4.69) is 40.9 Å². The Hall–Kier alpha value is -2.78. The average molecular weight is 462 g/mol. The Bertz CT molecular complexity index is 1060. The van der Waals surface area contributed by atoms with Gasteiger partial charge >= 0.3 is 5.97 Å². The van der Waals surface area contributed by atoms with Crippen molar-refractivity contribution in [3.05, 3.63) is 70.1 Å². The van der Waals surface area contributed by atoms with Crippen LogP contribution in [0.2, 0.25) is 5.02 Å². The molecule has 8 nitrogen and oxygen atoms in total. The molecule has 4 atom stereocenters. The van der Waals surface area contributed by atoms with Crippen LogP contribution in [0.4, 0.5) is 0 Å². The van der Waals surface area contributed by atoms with E-state index < -0.39 is 36.3 Å². The van der Waals surface area contributed by atoms with Crippen molar-refractivity contribution in [3.63, 3.8) is 0 Å². The van der Waals surface area contributed by atoms with Crippen LogP contribution in [0.25, 0.3) is 0 Å². The van der Waals surface area contributed by atoms with Crippen molar-refractivity contribution in [2.75, 3.05) is 26.7 Å². The molecule has 2 aromatic rings. The van der Waals surface area contributed by atoms with Gasteiger partial charge in [-0.2, -0.15) is 0 Å². The number of ether oxygens (including phenoxy) is 2. The molecule has 32 heavy (non-hydrogen) atoms. The number of rotatable bonds is 2. The summed E-state index contributed by atoms with van der Waals surface area (Å²) in [5.41, 5.74) is 2.55. The number of fused-ring (bicyclic) bond motifs is 5. The number of likely N-dealkylation sites (tertiary alicyclic amines) is 1. The molecule has 3 heterocycles. The van der Waals surface area contributed by atoms with Crippen LogP contribution >= 0.6 is 11.6 Å². The van der Waals surface area contributed by atoms with Gasteiger partial charge in [0, 0.05) is 35.5 Å². The van der Waals surface area contributed by atoms with Crippen molar-refractivity contribution in [2.45, 2.75) is 24.0 Å². The normalized spacial score (nSPS) is 24.9. The van der Waals surface area contributed by atoms with E-state index in [1.54, 1.807) is 0 Å². The highest BCUT2D eigenvalue weighted by Gasteiger charge is 2.39. The SMILES string of the molecule is CN1C[C@H]2c3ccccc3Oc3ccc(Cl)cc3[C@@H]2C1.O=C1O[C@H]([C@@H](O)CO)C(O)=C1O. The smallest absolute Gasteiger partial charge is 0.377 e. The molecule has 0 spiro atoms. The van der Waals surface area contributed by atoms with Crippen LogP contribution in [0.1, 0.15) is 23.0 Å². The topological polar surface area (TPSA) is 120 Å². The number of hydrogen-bond acceptors (Lipinski definition) is 8. The van der Waals surface area contributed by atoms with Gasteiger partial charge < -0.3 is 34.8 Å². The molecule has 0 amide bonds. The monoisotopic (exact) mass is 461 g/mol. The van der Waals surface area contributed by atoms with Gasteiger partial charge in [0.25, 0.3) is 0 Å². The molecule has 0 saturated carbocycles. The maximum atomic E-state index is 10.5. The first kappa shape index (κ1) is 22.4. The van der Waals surface area contributed by atoms with Crippen LogP contribution in [0.3, 0.4) is 0 Å². The highest BCUT2D eigenvalue weighted by atomic mass is 35.5. The van der Waals surface area contributed by atoms with E-state index in [-0.39, 0.29) is 0 Å². The van der Waals surface area contributed by atoms with E-state index in [1.165, 1.54) is 11.1 Å². The van der Waals surface area contributed by atoms with Crippen molar-refractivity contribution in [1.82, 2.24) is 4.90 Å². The van der Waals surface area contributed by atoms with Crippen LogP contribution in [0.5, 0.6) is 11.5 Å². The van der Waals surface area contributed by atoms with Gasteiger partial charge in [0.05, 0.1) is 6.61 Å². The number of aliphatic hydroxyl groups excluding tert-OH is 4. The van der Waals surface area contributed by atoms with Gasteiger partial charge in [0.1, 0.15) is 17.6 Å². The number of benzene rings is 2. The number of esters is 1. The number of carbonyl (C=O) groups is 1. The summed E-state index contributed by atoms with van der Waals surface area (Å²) in [5, 5.41) is 35.8. The second-order valence-electron chi connectivity index (χ2n) is 8.07. The molecule has 4 N–H and O–H groups in total. The second-order valence-corrected chi connectivity index (χ2v) is 8.50. The molecule has 3 aliphatic rings. The van der Waals surface area contributed by atoms with E-state index in [0.717, 1.165) is 29.6 Å². The third-order valence-electron chi connectivity index (χ3n) is 5.89. The summed E-state index contributed by atoms with van der Waals surface area (Å²) in [5.74, 6) is 0.0934. The van der Waals surface area contributed by atoms with Gasteiger partial charge in [0.15, 0.2) is 11.9 Å². The van der Waals surface area contributed by atoms with Gasteiger partial charge in [-0.15, -0.1) is 0 Å². The molecule has 5 rings (SSSR count). The zero-order valence-electron chi connectivity index (χ0n) is 17.3. The Morgan fingerprint density at radius 3 is 2.41 bits per heavy atom. The fourth-order valence-corrected chi connectivity index (χ4v) is 4.53. The first-order chi connectivity index (χ1) is 15.3. The average Bonchev–Trinajstić information content (AvgIpc) is 3.26. The van der Waals surface area contributed by atoms with Gasteiger partial charge in [-0.05, 0) is 36.9 Å². The fourth-order valence-electron chi connectivity index (χ4n) is 4.35. The molecule has 1 fully saturated rings. The lowest BCUT2D eigenvalue weighted by molar-refractivity contribution is -0.147. The van der Waals surface area contributed by atoms with Gasteiger partial charge in [-0.25, -0.2) is 4.79 Å². The van der Waals surface area contributed by atoms with Crippen molar-refractivity contribution in [3.8, 4) is 11.5 Å². The molecule has 9 heteroatoms. The molecular weight excluding hydrogens is 438 g/mol. The number of nitrogens with zero attached hydrogens (tertiary/aromatic N) is 1. The van der Waals surface area contributed by atoms with E-state index in [9.17, 15) is 4.79 Å². The lowest BCUT2D eigenvalue weighted by Crippen LogP contribution is -2.31. The predicted molar refractivity (Wildman–Crippen MR) is 116 cm³/mol. The first-order valence-corrected chi connectivity index (χ1v) is 10.5. The molecule has 0 radical (unpaired) electrons. The summed E-state index contributed by atoms with van der Waals surface area (Å²) < 4.78 is 10.5. The van der Waals surface area contributed by atoms with E-state index in [1.807, 2.05) is 18.2 Å². The van der Waals surface area contributed by atoms with E-state index >= 15 is 0 Å². The molecule has 3 aliphatic heterocycles. The summed E-state index contributed by atoms with van der Waals surface area (Å²) in [4.78, 5) is 12.9. The van der Waals surface area contributed by atoms with Crippen molar-refractivity contribution in [2.24, 2.45) is 0 Å². The first-order valence-electron chi connectivity index (χ1n) is 10.2. The molecule has 0 aliphatic carbocycles. The summed E-state index contributed by atoms with van der Waals surface area (Å²) in [6.45, 7) is 1.45. The van der Waals surface area contributed by atoms with Crippen LogP contribution in [0.15, 0.2) is 54.0 Å². The minimum Gasteiger partial charge on any atom is -0.505 e. The molecule has 0 aromatic heterocycles. The predicted octanol–water partition coefficient (Wildman–Crippen LogP) is 2.85. The largest absolute Gasteiger partial charge is 0.505 e. The van der Waals surface area contributed by atoms with Gasteiger partial charge in [0.2, 0.25) is 5.76 Å². The molecule has 1 saturated heterocycles. The Kier molecular flexibility index (Phi) is 6.30. The Labute approximate surface area is 189 Å². The summed E-state index contributed by atoms with van der Waals surface area (Å²) in [7, 11) is 2.18. The maximum absolute atomic E-state index is 10.5. The van der Waals surface area contributed by atoms with Crippen molar-refractivity contribution in [1.29, 1.82) is 0 Å². The van der Waals surface area contributed by atoms with Crippen molar-refractivity contribution < 1.29 is 34.7 Å². The summed E-state index contributed by atoms with van der Waals surface area (Å²) >= 11 is 6.20. The number of cyclic esters (lactones) is 1. The Morgan fingerprint density at radius 2 is 1.75 bits per heavy atom. The third-order valence-corrected chi connectivity index (χ3v) is 6.12. The van der Waals surface area contributed by atoms with Crippen LogP contribution in [-0.2, 0) is 9.53 Å². The lowest BCUT2D eigenvalue weighted by Gasteiger charge is -2.17. The quantitative estimate of drug-likeness (QED) is 0.504. The van der Waals surface area contributed by atoms with Crippen LogP contribution in [-0.4, -0.2) is 70.2 Å². The standard InChI is InChI=1S/C17H16ClNO.C6H8O6/c1-19-9-14-12-4-2-3-5-16(12)20-17-7-6-11(18)8-13(17)15(14)10-19;7-1-2(8)5-3(9)4(10)6(11)12-5/h2-8,14-15H,9-10H2,1H3;2,5,7-10H,1H2/t14-,15-;2-,5+/m00/s1. The van der Waals surface area contributed by atoms with E-state index in [0.29, 0.717) is 11.8 Å². The minimum absolute atomic E-state index is 0.456. The zero-order chi connectivity index (χ0) is 23.0. The number of hydrogen-bond donors (Lipinski definition) is 4. The number of halogens is 1. The Morgan fingerprint density at radius 1 is 1.09 bits per heavy atom. The molecule has 2 aromatic carbocycles. The van der Waals surface area contributed by atoms with Gasteiger partial charge in [-0.1, -0.05) is 29.8 Å². The lowest BCUT2D eigenvalue weighted by atomic mass is 9.84. The number of likely N-dealkylation sites (N-methyl/N-ethyl adjacent to an activating group) is 1. The third kappa shape index (κ3) is 4.14. The number of para-hydroxylation sites is 1. The molecule has 0 unspecified atom stereocenters. The highest BCUT2D eigenvalue weighted by molar-refractivity contribution is 6.30. The number of carbonyl (C=O) groups excluding carboxylic acids is 1. The zero-order valence-corrected chi connectivity index (χ0v) is 18.1. The fraction of sp³-hybridized carbons (Fsp3) is 0.348.